The molecule has 0 atom stereocenters. The molecule has 3 heteroatoms. The van der Waals surface area contributed by atoms with Gasteiger partial charge in [-0.05, 0) is 30.3 Å². The van der Waals surface area contributed by atoms with Crippen molar-refractivity contribution >= 4 is 23.1 Å². The molecule has 1 aromatic carbocycles. The maximum atomic E-state index is 5.85. The molecule has 0 unspecified atom stereocenters. The molecule has 2 nitrogen and oxygen atoms in total. The minimum Gasteiger partial charge on any atom is -0.340 e. The van der Waals surface area contributed by atoms with E-state index in [0.717, 1.165) is 11.5 Å². The van der Waals surface area contributed by atoms with E-state index in [1.807, 2.05) is 42.5 Å². The number of hydrogen-bond donors (Lipinski definition) is 1. The van der Waals surface area contributed by atoms with Gasteiger partial charge in [-0.2, -0.15) is 0 Å². The van der Waals surface area contributed by atoms with Gasteiger partial charge in [-0.25, -0.2) is 4.98 Å². The standard InChI is InChI=1S/C11H9ClN2/c12-9-4-3-5-10(8-9)14-11-6-1-2-7-13-11/h1-8H,(H,13,14). The second-order valence-electron chi connectivity index (χ2n) is 2.85. The summed E-state index contributed by atoms with van der Waals surface area (Å²) in [5.41, 5.74) is 0.941. The highest BCUT2D eigenvalue weighted by Gasteiger charge is 1.94. The summed E-state index contributed by atoms with van der Waals surface area (Å²) in [6, 6.07) is 13.2. The summed E-state index contributed by atoms with van der Waals surface area (Å²) in [5, 5.41) is 3.86. The van der Waals surface area contributed by atoms with Gasteiger partial charge in [0.25, 0.3) is 0 Å². The zero-order valence-corrected chi connectivity index (χ0v) is 8.20. The lowest BCUT2D eigenvalue weighted by molar-refractivity contribution is 1.31. The van der Waals surface area contributed by atoms with Crippen molar-refractivity contribution in [3.63, 3.8) is 0 Å². The third kappa shape index (κ3) is 2.24. The Hall–Kier alpha value is -1.54. The van der Waals surface area contributed by atoms with Crippen LogP contribution in [0, 0.1) is 0 Å². The number of rotatable bonds is 2. The molecule has 2 aromatic rings. The first kappa shape index (κ1) is 9.03. The Morgan fingerprint density at radius 3 is 2.71 bits per heavy atom. The maximum absolute atomic E-state index is 5.85. The average Bonchev–Trinajstić information content (AvgIpc) is 2.19. The average molecular weight is 205 g/mol. The molecule has 0 radical (unpaired) electrons. The van der Waals surface area contributed by atoms with E-state index in [1.165, 1.54) is 0 Å². The van der Waals surface area contributed by atoms with E-state index in [0.29, 0.717) is 5.02 Å². The molecule has 0 aliphatic rings. The molecule has 0 fully saturated rings. The second-order valence-corrected chi connectivity index (χ2v) is 3.29. The van der Waals surface area contributed by atoms with E-state index in [4.69, 9.17) is 11.6 Å². The zero-order valence-electron chi connectivity index (χ0n) is 7.44. The summed E-state index contributed by atoms with van der Waals surface area (Å²) in [4.78, 5) is 4.15. The summed E-state index contributed by atoms with van der Waals surface area (Å²) in [7, 11) is 0. The first-order valence-electron chi connectivity index (χ1n) is 4.28. The number of hydrogen-bond acceptors (Lipinski definition) is 2. The quantitative estimate of drug-likeness (QED) is 0.810. The van der Waals surface area contributed by atoms with Gasteiger partial charge in [-0.3, -0.25) is 0 Å². The molecule has 0 saturated carbocycles. The molecule has 1 heterocycles. The lowest BCUT2D eigenvalue weighted by Gasteiger charge is -2.04. The number of halogens is 1. The number of pyridine rings is 1. The molecule has 0 aliphatic carbocycles. The molecule has 70 valence electrons. The highest BCUT2D eigenvalue weighted by Crippen LogP contribution is 2.18. The van der Waals surface area contributed by atoms with Crippen molar-refractivity contribution in [1.82, 2.24) is 4.98 Å². The Balaban J connectivity index is 2.19. The van der Waals surface area contributed by atoms with Crippen molar-refractivity contribution in [2.24, 2.45) is 0 Å². The van der Waals surface area contributed by atoms with Gasteiger partial charge in [-0.15, -0.1) is 0 Å². The first-order valence-corrected chi connectivity index (χ1v) is 4.66. The number of benzene rings is 1. The fourth-order valence-corrected chi connectivity index (χ4v) is 1.34. The molecule has 1 N–H and O–H groups in total. The Kier molecular flexibility index (Phi) is 2.65. The monoisotopic (exact) mass is 204 g/mol. The van der Waals surface area contributed by atoms with Crippen LogP contribution in [0.1, 0.15) is 0 Å². The summed E-state index contributed by atoms with van der Waals surface area (Å²) < 4.78 is 0. The van der Waals surface area contributed by atoms with Crippen molar-refractivity contribution in [2.75, 3.05) is 5.32 Å². The minimum absolute atomic E-state index is 0.714. The molecule has 1 aromatic heterocycles. The van der Waals surface area contributed by atoms with E-state index in [1.54, 1.807) is 6.20 Å². The van der Waals surface area contributed by atoms with Gasteiger partial charge >= 0.3 is 0 Å². The predicted molar refractivity (Wildman–Crippen MR) is 59.0 cm³/mol. The van der Waals surface area contributed by atoms with Crippen molar-refractivity contribution in [3.8, 4) is 0 Å². The minimum atomic E-state index is 0.714. The van der Waals surface area contributed by atoms with Gasteiger partial charge in [-0.1, -0.05) is 23.7 Å². The van der Waals surface area contributed by atoms with Crippen LogP contribution in [-0.4, -0.2) is 4.98 Å². The maximum Gasteiger partial charge on any atom is 0.130 e. The Morgan fingerprint density at radius 1 is 1.07 bits per heavy atom. The van der Waals surface area contributed by atoms with Crippen LogP contribution in [0.5, 0.6) is 0 Å². The largest absolute Gasteiger partial charge is 0.340 e. The smallest absolute Gasteiger partial charge is 0.130 e. The third-order valence-electron chi connectivity index (χ3n) is 1.76. The summed E-state index contributed by atoms with van der Waals surface area (Å²) in [5.74, 6) is 0.815. The molecule has 2 rings (SSSR count). The molecule has 0 saturated heterocycles. The van der Waals surface area contributed by atoms with Crippen LogP contribution < -0.4 is 5.32 Å². The van der Waals surface area contributed by atoms with Crippen molar-refractivity contribution in [2.45, 2.75) is 0 Å². The van der Waals surface area contributed by atoms with Crippen LogP contribution >= 0.6 is 11.6 Å². The Bertz CT molecular complexity index is 415. The number of anilines is 2. The first-order chi connectivity index (χ1) is 6.84. The fraction of sp³-hybridized carbons (Fsp3) is 0. The van der Waals surface area contributed by atoms with Crippen LogP contribution in [0.3, 0.4) is 0 Å². The van der Waals surface area contributed by atoms with Gasteiger partial charge in [0.05, 0.1) is 0 Å². The second kappa shape index (κ2) is 4.11. The molecule has 0 spiro atoms. The zero-order chi connectivity index (χ0) is 9.80. The SMILES string of the molecule is Clc1cccc(Nc2ccccn2)c1. The molecular weight excluding hydrogens is 196 g/mol. The third-order valence-corrected chi connectivity index (χ3v) is 2.00. The van der Waals surface area contributed by atoms with Gasteiger partial charge in [0.2, 0.25) is 0 Å². The Labute approximate surface area is 87.6 Å². The van der Waals surface area contributed by atoms with Crippen LogP contribution in [-0.2, 0) is 0 Å². The summed E-state index contributed by atoms with van der Waals surface area (Å²) in [6.45, 7) is 0. The molecular formula is C11H9ClN2. The number of aromatic nitrogens is 1. The normalized spacial score (nSPS) is 9.79. The summed E-state index contributed by atoms with van der Waals surface area (Å²) in [6.07, 6.45) is 1.74. The van der Waals surface area contributed by atoms with Crippen LogP contribution in [0.2, 0.25) is 5.02 Å². The lowest BCUT2D eigenvalue weighted by atomic mass is 10.3. The highest BCUT2D eigenvalue weighted by atomic mass is 35.5. The number of nitrogens with zero attached hydrogens (tertiary/aromatic N) is 1. The predicted octanol–water partition coefficient (Wildman–Crippen LogP) is 3.48. The molecule has 0 amide bonds. The van der Waals surface area contributed by atoms with Gasteiger partial charge in [0, 0.05) is 16.9 Å². The van der Waals surface area contributed by atoms with E-state index in [2.05, 4.69) is 10.3 Å². The van der Waals surface area contributed by atoms with Gasteiger partial charge in [0.15, 0.2) is 0 Å². The van der Waals surface area contributed by atoms with Gasteiger partial charge in [0.1, 0.15) is 5.82 Å². The lowest BCUT2D eigenvalue weighted by Crippen LogP contribution is -1.91. The van der Waals surface area contributed by atoms with Crippen LogP contribution in [0.4, 0.5) is 11.5 Å². The van der Waals surface area contributed by atoms with E-state index in [-0.39, 0.29) is 0 Å². The number of nitrogens with one attached hydrogen (secondary N) is 1. The molecule has 14 heavy (non-hydrogen) atoms. The van der Waals surface area contributed by atoms with E-state index < -0.39 is 0 Å². The van der Waals surface area contributed by atoms with Crippen molar-refractivity contribution < 1.29 is 0 Å². The molecule has 0 bridgehead atoms. The van der Waals surface area contributed by atoms with E-state index >= 15 is 0 Å². The highest BCUT2D eigenvalue weighted by molar-refractivity contribution is 6.30. The molecule has 0 aliphatic heterocycles. The van der Waals surface area contributed by atoms with E-state index in [9.17, 15) is 0 Å². The fourth-order valence-electron chi connectivity index (χ4n) is 1.15. The van der Waals surface area contributed by atoms with Crippen LogP contribution in [0.25, 0.3) is 0 Å². The summed E-state index contributed by atoms with van der Waals surface area (Å²) >= 11 is 5.85. The van der Waals surface area contributed by atoms with Crippen molar-refractivity contribution in [1.29, 1.82) is 0 Å². The van der Waals surface area contributed by atoms with Gasteiger partial charge < -0.3 is 5.32 Å². The van der Waals surface area contributed by atoms with Crippen molar-refractivity contribution in [3.05, 3.63) is 53.7 Å². The van der Waals surface area contributed by atoms with Crippen LogP contribution in [0.15, 0.2) is 48.7 Å². The Morgan fingerprint density at radius 2 is 2.00 bits per heavy atom. The topological polar surface area (TPSA) is 24.9 Å².